The maximum atomic E-state index is 12.9. The molecule has 1 aromatic heterocycles. The number of hydrogen-bond donors (Lipinski definition) is 1. The van der Waals surface area contributed by atoms with Crippen LogP contribution in [0.1, 0.15) is 32.5 Å². The molecular formula is C14H18FN3. The van der Waals surface area contributed by atoms with Crippen molar-refractivity contribution < 1.29 is 4.39 Å². The highest BCUT2D eigenvalue weighted by molar-refractivity contribution is 5.71. The molecule has 1 heterocycles. The number of halogens is 1. The fraction of sp³-hybridized carbons (Fsp3) is 0.357. The number of imidazole rings is 1. The van der Waals surface area contributed by atoms with Crippen molar-refractivity contribution in [1.29, 1.82) is 0 Å². The van der Waals surface area contributed by atoms with Crippen LogP contribution >= 0.6 is 0 Å². The van der Waals surface area contributed by atoms with Crippen LogP contribution in [0.25, 0.3) is 11.3 Å². The third-order valence-electron chi connectivity index (χ3n) is 2.99. The van der Waals surface area contributed by atoms with Crippen molar-refractivity contribution in [3.05, 3.63) is 35.9 Å². The van der Waals surface area contributed by atoms with E-state index in [1.165, 1.54) is 12.1 Å². The summed E-state index contributed by atoms with van der Waals surface area (Å²) in [7, 11) is 0. The lowest BCUT2D eigenvalue weighted by Crippen LogP contribution is -2.06. The summed E-state index contributed by atoms with van der Waals surface area (Å²) in [4.78, 5) is 4.60. The van der Waals surface area contributed by atoms with E-state index >= 15 is 0 Å². The number of nitrogen functional groups attached to an aromatic ring is 1. The average Bonchev–Trinajstić information content (AvgIpc) is 2.67. The van der Waals surface area contributed by atoms with E-state index in [1.807, 2.05) is 11.5 Å². The highest BCUT2D eigenvalue weighted by atomic mass is 19.1. The van der Waals surface area contributed by atoms with Gasteiger partial charge in [-0.3, -0.25) is 0 Å². The highest BCUT2D eigenvalue weighted by Crippen LogP contribution is 2.29. The van der Waals surface area contributed by atoms with Gasteiger partial charge >= 0.3 is 0 Å². The van der Waals surface area contributed by atoms with Gasteiger partial charge in [0, 0.05) is 18.0 Å². The van der Waals surface area contributed by atoms with Crippen LogP contribution < -0.4 is 5.73 Å². The molecule has 0 bridgehead atoms. The Morgan fingerprint density at radius 2 is 1.89 bits per heavy atom. The summed E-state index contributed by atoms with van der Waals surface area (Å²) < 4.78 is 14.9. The van der Waals surface area contributed by atoms with Gasteiger partial charge in [0.05, 0.1) is 0 Å². The Morgan fingerprint density at radius 1 is 1.28 bits per heavy atom. The van der Waals surface area contributed by atoms with Gasteiger partial charge in [-0.05, 0) is 31.2 Å². The van der Waals surface area contributed by atoms with Crippen LogP contribution in [-0.4, -0.2) is 9.55 Å². The summed E-state index contributed by atoms with van der Waals surface area (Å²) >= 11 is 0. The molecule has 0 saturated heterocycles. The highest BCUT2D eigenvalue weighted by Gasteiger charge is 2.17. The molecule has 96 valence electrons. The quantitative estimate of drug-likeness (QED) is 0.903. The van der Waals surface area contributed by atoms with E-state index in [-0.39, 0.29) is 5.82 Å². The molecule has 0 amide bonds. The number of rotatable bonds is 3. The molecule has 0 unspecified atom stereocenters. The second kappa shape index (κ2) is 4.80. The van der Waals surface area contributed by atoms with Crippen LogP contribution in [0.15, 0.2) is 24.3 Å². The van der Waals surface area contributed by atoms with Crippen molar-refractivity contribution in [2.75, 3.05) is 5.73 Å². The largest absolute Gasteiger partial charge is 0.383 e. The Balaban J connectivity index is 2.55. The van der Waals surface area contributed by atoms with E-state index in [9.17, 15) is 4.39 Å². The third kappa shape index (κ3) is 2.10. The topological polar surface area (TPSA) is 43.8 Å². The lowest BCUT2D eigenvalue weighted by atomic mass is 10.1. The Labute approximate surface area is 106 Å². The predicted octanol–water partition coefficient (Wildman–Crippen LogP) is 3.41. The minimum absolute atomic E-state index is 0.253. The first kappa shape index (κ1) is 12.6. The van der Waals surface area contributed by atoms with Gasteiger partial charge in [-0.2, -0.15) is 0 Å². The first-order valence-electron chi connectivity index (χ1n) is 6.16. The monoisotopic (exact) mass is 247 g/mol. The van der Waals surface area contributed by atoms with Gasteiger partial charge < -0.3 is 10.3 Å². The van der Waals surface area contributed by atoms with Crippen LogP contribution in [0, 0.1) is 5.82 Å². The van der Waals surface area contributed by atoms with Crippen LogP contribution in [0.2, 0.25) is 0 Å². The fourth-order valence-corrected chi connectivity index (χ4v) is 2.08. The van der Waals surface area contributed by atoms with E-state index in [0.717, 1.165) is 23.6 Å². The standard InChI is InChI=1S/C14H18FN3/c1-4-18-13(16)12(17-14(18)9(2)3)10-5-7-11(15)8-6-10/h5-9H,4,16H2,1-3H3. The molecule has 18 heavy (non-hydrogen) atoms. The molecule has 0 atom stereocenters. The van der Waals surface area contributed by atoms with Crippen molar-refractivity contribution in [3.63, 3.8) is 0 Å². The SMILES string of the molecule is CCn1c(C(C)C)nc(-c2ccc(F)cc2)c1N. The summed E-state index contributed by atoms with van der Waals surface area (Å²) in [6, 6.07) is 6.26. The summed E-state index contributed by atoms with van der Waals surface area (Å²) in [5.41, 5.74) is 7.72. The summed E-state index contributed by atoms with van der Waals surface area (Å²) in [5.74, 6) is 1.67. The molecule has 2 rings (SSSR count). The molecular weight excluding hydrogens is 229 g/mol. The first-order chi connectivity index (χ1) is 8.54. The summed E-state index contributed by atoms with van der Waals surface area (Å²) in [6.45, 7) is 7.00. The molecule has 0 aliphatic heterocycles. The number of nitrogens with zero attached hydrogens (tertiary/aromatic N) is 2. The number of nitrogens with two attached hydrogens (primary N) is 1. The Hall–Kier alpha value is -1.84. The van der Waals surface area contributed by atoms with Gasteiger partial charge in [0.1, 0.15) is 23.2 Å². The van der Waals surface area contributed by atoms with Gasteiger partial charge in [0.15, 0.2) is 0 Å². The Morgan fingerprint density at radius 3 is 2.33 bits per heavy atom. The molecule has 2 aromatic rings. The van der Waals surface area contributed by atoms with Crippen molar-refractivity contribution in [2.45, 2.75) is 33.2 Å². The van der Waals surface area contributed by atoms with E-state index in [4.69, 9.17) is 5.73 Å². The van der Waals surface area contributed by atoms with E-state index in [1.54, 1.807) is 12.1 Å². The number of benzene rings is 1. The average molecular weight is 247 g/mol. The van der Waals surface area contributed by atoms with Crippen LogP contribution in [0.5, 0.6) is 0 Å². The number of hydrogen-bond acceptors (Lipinski definition) is 2. The van der Waals surface area contributed by atoms with Gasteiger partial charge in [0.25, 0.3) is 0 Å². The first-order valence-corrected chi connectivity index (χ1v) is 6.16. The molecule has 0 spiro atoms. The minimum Gasteiger partial charge on any atom is -0.383 e. The molecule has 0 radical (unpaired) electrons. The molecule has 4 heteroatoms. The van der Waals surface area contributed by atoms with Crippen molar-refractivity contribution >= 4 is 5.82 Å². The molecule has 2 N–H and O–H groups in total. The van der Waals surface area contributed by atoms with Crippen LogP contribution in [0.3, 0.4) is 0 Å². The molecule has 3 nitrogen and oxygen atoms in total. The van der Waals surface area contributed by atoms with E-state index in [2.05, 4.69) is 18.8 Å². The minimum atomic E-state index is -0.253. The summed E-state index contributed by atoms with van der Waals surface area (Å²) in [5, 5.41) is 0. The molecule has 0 aliphatic carbocycles. The van der Waals surface area contributed by atoms with Gasteiger partial charge in [0.2, 0.25) is 0 Å². The number of anilines is 1. The third-order valence-corrected chi connectivity index (χ3v) is 2.99. The van der Waals surface area contributed by atoms with Gasteiger partial charge in [-0.1, -0.05) is 13.8 Å². The second-order valence-electron chi connectivity index (χ2n) is 4.61. The predicted molar refractivity (Wildman–Crippen MR) is 71.8 cm³/mol. The van der Waals surface area contributed by atoms with Crippen molar-refractivity contribution in [1.82, 2.24) is 9.55 Å². The van der Waals surface area contributed by atoms with Gasteiger partial charge in [-0.15, -0.1) is 0 Å². The lowest BCUT2D eigenvalue weighted by Gasteiger charge is -2.08. The smallest absolute Gasteiger partial charge is 0.131 e. The normalized spacial score (nSPS) is 11.2. The molecule has 0 aliphatic rings. The lowest BCUT2D eigenvalue weighted by molar-refractivity contribution is 0.628. The number of aromatic nitrogens is 2. The Kier molecular flexibility index (Phi) is 3.36. The second-order valence-corrected chi connectivity index (χ2v) is 4.61. The van der Waals surface area contributed by atoms with Crippen molar-refractivity contribution in [2.24, 2.45) is 0 Å². The fourth-order valence-electron chi connectivity index (χ4n) is 2.08. The summed E-state index contributed by atoms with van der Waals surface area (Å²) in [6.07, 6.45) is 0. The van der Waals surface area contributed by atoms with E-state index in [0.29, 0.717) is 11.7 Å². The molecule has 0 saturated carbocycles. The van der Waals surface area contributed by atoms with Crippen LogP contribution in [0.4, 0.5) is 10.2 Å². The molecule has 1 aromatic carbocycles. The maximum Gasteiger partial charge on any atom is 0.131 e. The van der Waals surface area contributed by atoms with E-state index < -0.39 is 0 Å². The van der Waals surface area contributed by atoms with Gasteiger partial charge in [-0.25, -0.2) is 9.37 Å². The zero-order chi connectivity index (χ0) is 13.3. The van der Waals surface area contributed by atoms with Crippen LogP contribution in [-0.2, 0) is 6.54 Å². The maximum absolute atomic E-state index is 12.9. The zero-order valence-corrected chi connectivity index (χ0v) is 10.9. The van der Waals surface area contributed by atoms with Crippen molar-refractivity contribution in [3.8, 4) is 11.3 Å². The Bertz CT molecular complexity index is 541. The molecule has 0 fully saturated rings. The zero-order valence-electron chi connectivity index (χ0n) is 10.9.